The molecule has 1 aromatic heterocycles. The summed E-state index contributed by atoms with van der Waals surface area (Å²) in [5.74, 6) is -0.983. The number of amides is 2. The van der Waals surface area contributed by atoms with Crippen LogP contribution in [-0.4, -0.2) is 18.0 Å². The molecule has 0 saturated carbocycles. The Bertz CT molecular complexity index is 1040. The van der Waals surface area contributed by atoms with Crippen LogP contribution in [0.2, 0.25) is 10.0 Å². The van der Waals surface area contributed by atoms with Gasteiger partial charge in [-0.25, -0.2) is 5.43 Å². The zero-order valence-corrected chi connectivity index (χ0v) is 17.3. The number of rotatable bonds is 6. The van der Waals surface area contributed by atoms with E-state index in [-0.39, 0.29) is 5.70 Å². The van der Waals surface area contributed by atoms with Crippen LogP contribution in [0, 0.1) is 0 Å². The molecule has 0 spiro atoms. The average Bonchev–Trinajstić information content (AvgIpc) is 3.23. The van der Waals surface area contributed by atoms with Gasteiger partial charge in [0.05, 0.1) is 16.3 Å². The van der Waals surface area contributed by atoms with Gasteiger partial charge >= 0.3 is 0 Å². The van der Waals surface area contributed by atoms with Crippen molar-refractivity contribution in [1.82, 2.24) is 10.7 Å². The van der Waals surface area contributed by atoms with Crippen LogP contribution in [0.5, 0.6) is 0 Å². The monoisotopic (exact) mass is 443 g/mol. The molecule has 0 aliphatic carbocycles. The molecule has 0 aliphatic heterocycles. The van der Waals surface area contributed by atoms with Crippen LogP contribution in [0.4, 0.5) is 0 Å². The van der Waals surface area contributed by atoms with E-state index in [9.17, 15) is 9.59 Å². The number of carbonyl (C=O) groups is 2. The van der Waals surface area contributed by atoms with E-state index < -0.39 is 11.8 Å². The number of hydrogen-bond donors (Lipinski definition) is 2. The topological polar surface area (TPSA) is 70.6 Å². The van der Waals surface area contributed by atoms with E-state index in [2.05, 4.69) is 15.8 Å². The van der Waals surface area contributed by atoms with Crippen molar-refractivity contribution in [2.75, 3.05) is 0 Å². The zero-order chi connectivity index (χ0) is 20.6. The van der Waals surface area contributed by atoms with Crippen molar-refractivity contribution in [2.24, 2.45) is 5.10 Å². The maximum Gasteiger partial charge on any atom is 0.287 e. The third-order valence-electron chi connectivity index (χ3n) is 3.72. The summed E-state index contributed by atoms with van der Waals surface area (Å²) in [5, 5.41) is 9.23. The summed E-state index contributed by atoms with van der Waals surface area (Å²) in [5.41, 5.74) is 3.36. The first-order valence-corrected chi connectivity index (χ1v) is 10.1. The molecule has 3 aromatic rings. The Morgan fingerprint density at radius 3 is 2.31 bits per heavy atom. The van der Waals surface area contributed by atoms with Gasteiger partial charge in [0.1, 0.15) is 5.70 Å². The third kappa shape index (κ3) is 5.77. The fraction of sp³-hybridized carbons (Fsp3) is 0. The first kappa shape index (κ1) is 20.8. The number of halogens is 2. The highest BCUT2D eigenvalue weighted by Crippen LogP contribution is 2.22. The van der Waals surface area contributed by atoms with Gasteiger partial charge in [-0.1, -0.05) is 53.5 Å². The summed E-state index contributed by atoms with van der Waals surface area (Å²) in [4.78, 5) is 25.9. The molecule has 3 rings (SSSR count). The van der Waals surface area contributed by atoms with E-state index in [1.807, 2.05) is 17.5 Å². The lowest BCUT2D eigenvalue weighted by Gasteiger charge is -2.09. The zero-order valence-electron chi connectivity index (χ0n) is 14.9. The number of hydrogen-bond acceptors (Lipinski definition) is 4. The van der Waals surface area contributed by atoms with Crippen molar-refractivity contribution in [2.45, 2.75) is 0 Å². The molecule has 146 valence electrons. The van der Waals surface area contributed by atoms with Crippen molar-refractivity contribution >= 4 is 58.6 Å². The molecule has 0 aliphatic rings. The predicted octanol–water partition coefficient (Wildman–Crippen LogP) is 4.98. The molecule has 0 saturated heterocycles. The molecule has 0 atom stereocenters. The molecule has 0 radical (unpaired) electrons. The Morgan fingerprint density at radius 2 is 1.66 bits per heavy atom. The smallest absolute Gasteiger partial charge is 0.287 e. The molecule has 29 heavy (non-hydrogen) atoms. The van der Waals surface area contributed by atoms with Crippen LogP contribution in [0.1, 0.15) is 20.8 Å². The SMILES string of the molecule is O=C(N/N=C\c1c(Cl)cccc1Cl)/C(=C/c1cccs1)NC(=O)c1ccccc1. The molecule has 2 amide bonds. The Kier molecular flexibility index (Phi) is 7.19. The van der Waals surface area contributed by atoms with E-state index in [0.717, 1.165) is 4.88 Å². The maximum atomic E-state index is 12.6. The van der Waals surface area contributed by atoms with Gasteiger partial charge in [0.15, 0.2) is 0 Å². The van der Waals surface area contributed by atoms with E-state index in [0.29, 0.717) is 21.2 Å². The van der Waals surface area contributed by atoms with Crippen LogP contribution in [0.25, 0.3) is 6.08 Å². The summed E-state index contributed by atoms with van der Waals surface area (Å²) in [6.45, 7) is 0. The Labute approximate surface area is 181 Å². The number of nitrogens with one attached hydrogen (secondary N) is 2. The minimum absolute atomic E-state index is 0.0590. The first-order valence-electron chi connectivity index (χ1n) is 8.43. The molecule has 2 aromatic carbocycles. The third-order valence-corrected chi connectivity index (χ3v) is 5.20. The minimum atomic E-state index is -0.581. The number of carbonyl (C=O) groups excluding carboxylic acids is 2. The second-order valence-corrected chi connectivity index (χ2v) is 7.52. The summed E-state index contributed by atoms with van der Waals surface area (Å²) >= 11 is 13.6. The molecule has 5 nitrogen and oxygen atoms in total. The lowest BCUT2D eigenvalue weighted by Crippen LogP contribution is -2.32. The van der Waals surface area contributed by atoms with Crippen LogP contribution < -0.4 is 10.7 Å². The van der Waals surface area contributed by atoms with Gasteiger partial charge in [-0.15, -0.1) is 11.3 Å². The highest BCUT2D eigenvalue weighted by molar-refractivity contribution is 7.10. The van der Waals surface area contributed by atoms with Crippen LogP contribution in [-0.2, 0) is 4.79 Å². The van der Waals surface area contributed by atoms with Crippen molar-refractivity contribution in [1.29, 1.82) is 0 Å². The summed E-state index contributed by atoms with van der Waals surface area (Å²) in [6.07, 6.45) is 2.93. The minimum Gasteiger partial charge on any atom is -0.317 e. The Balaban J connectivity index is 1.78. The van der Waals surface area contributed by atoms with Crippen molar-refractivity contribution in [3.8, 4) is 0 Å². The summed E-state index contributed by atoms with van der Waals surface area (Å²) in [6, 6.07) is 17.3. The fourth-order valence-corrected chi connectivity index (χ4v) is 3.46. The molecule has 0 bridgehead atoms. The van der Waals surface area contributed by atoms with E-state index >= 15 is 0 Å². The summed E-state index contributed by atoms with van der Waals surface area (Å²) in [7, 11) is 0. The quantitative estimate of drug-likeness (QED) is 0.320. The highest BCUT2D eigenvalue weighted by atomic mass is 35.5. The van der Waals surface area contributed by atoms with Gasteiger partial charge in [0, 0.05) is 16.0 Å². The average molecular weight is 444 g/mol. The second-order valence-electron chi connectivity index (χ2n) is 5.73. The molecule has 1 heterocycles. The predicted molar refractivity (Wildman–Crippen MR) is 118 cm³/mol. The second kappa shape index (κ2) is 10.0. The number of hydrazone groups is 1. The van der Waals surface area contributed by atoms with Crippen LogP contribution in [0.15, 0.2) is 76.8 Å². The molecular formula is C21H15Cl2N3O2S. The molecule has 0 unspecified atom stereocenters. The number of thiophene rings is 1. The van der Waals surface area contributed by atoms with E-state index in [1.165, 1.54) is 17.6 Å². The lowest BCUT2D eigenvalue weighted by atomic mass is 10.2. The largest absolute Gasteiger partial charge is 0.317 e. The van der Waals surface area contributed by atoms with Crippen LogP contribution >= 0.6 is 34.5 Å². The molecule has 0 fully saturated rings. The molecule has 2 N–H and O–H groups in total. The van der Waals surface area contributed by atoms with E-state index in [1.54, 1.807) is 54.6 Å². The van der Waals surface area contributed by atoms with Gasteiger partial charge in [-0.3, -0.25) is 9.59 Å². The number of benzene rings is 2. The van der Waals surface area contributed by atoms with Gasteiger partial charge < -0.3 is 5.32 Å². The normalized spacial score (nSPS) is 11.4. The van der Waals surface area contributed by atoms with E-state index in [4.69, 9.17) is 23.2 Å². The Hall–Kier alpha value is -2.93. The maximum absolute atomic E-state index is 12.6. The standard InChI is InChI=1S/C21H15Cl2N3O2S/c22-17-9-4-10-18(23)16(17)13-24-26-21(28)19(12-15-8-5-11-29-15)25-20(27)14-6-2-1-3-7-14/h1-13H,(H,25,27)(H,26,28)/b19-12-,24-13-. The Morgan fingerprint density at radius 1 is 0.931 bits per heavy atom. The number of nitrogens with zero attached hydrogens (tertiary/aromatic N) is 1. The molecular weight excluding hydrogens is 429 g/mol. The summed E-state index contributed by atoms with van der Waals surface area (Å²) < 4.78 is 0. The molecule has 8 heteroatoms. The van der Waals surface area contributed by atoms with Gasteiger partial charge in [0.2, 0.25) is 0 Å². The van der Waals surface area contributed by atoms with Crippen molar-refractivity contribution < 1.29 is 9.59 Å². The van der Waals surface area contributed by atoms with Gasteiger partial charge in [-0.2, -0.15) is 5.10 Å². The first-order chi connectivity index (χ1) is 14.0. The van der Waals surface area contributed by atoms with Gasteiger partial charge in [0.25, 0.3) is 11.8 Å². The highest BCUT2D eigenvalue weighted by Gasteiger charge is 2.14. The van der Waals surface area contributed by atoms with Gasteiger partial charge in [-0.05, 0) is 41.8 Å². The van der Waals surface area contributed by atoms with Crippen LogP contribution in [0.3, 0.4) is 0 Å². The fourth-order valence-electron chi connectivity index (χ4n) is 2.31. The van der Waals surface area contributed by atoms with Crippen molar-refractivity contribution in [3.63, 3.8) is 0 Å². The lowest BCUT2D eigenvalue weighted by molar-refractivity contribution is -0.117. The van der Waals surface area contributed by atoms with Crippen molar-refractivity contribution in [3.05, 3.63) is 97.8 Å².